The fraction of sp³-hybridized carbons (Fsp3) is 0.800. The van der Waals surface area contributed by atoms with Gasteiger partial charge in [0.05, 0.1) is 0 Å². The Morgan fingerprint density at radius 1 is 0.688 bits per heavy atom. The molecule has 0 radical (unpaired) electrons. The first-order valence-corrected chi connectivity index (χ1v) is 5.06. The fourth-order valence-electron chi connectivity index (χ4n) is 1.26. The predicted octanol–water partition coefficient (Wildman–Crippen LogP) is -3.49. The molecule has 6 heteroatoms. The Morgan fingerprint density at radius 3 is 1.19 bits per heavy atom. The number of aliphatic carboxylic acids is 2. The average molecular weight is 282 g/mol. The smallest absolute Gasteiger partial charge is 1.00 e. The van der Waals surface area contributed by atoms with Crippen LogP contribution in [0.2, 0.25) is 0 Å². The zero-order valence-electron chi connectivity index (χ0n) is 12.4. The summed E-state index contributed by atoms with van der Waals surface area (Å²) in [6, 6.07) is 0. The number of hydrogen-bond donors (Lipinski definition) is 2. The first-order chi connectivity index (χ1) is 6.63. The van der Waals surface area contributed by atoms with Gasteiger partial charge in [-0.15, -0.1) is 0 Å². The first kappa shape index (κ1) is 23.3. The van der Waals surface area contributed by atoms with Crippen LogP contribution in [0.4, 0.5) is 0 Å². The van der Waals surface area contributed by atoms with Gasteiger partial charge in [-0.2, -0.15) is 0 Å². The van der Waals surface area contributed by atoms with E-state index < -0.39 is 11.9 Å². The van der Waals surface area contributed by atoms with E-state index >= 15 is 0 Å². The third kappa shape index (κ3) is 21.5. The molecule has 0 saturated heterocycles. The van der Waals surface area contributed by atoms with E-state index in [1.165, 1.54) is 0 Å². The summed E-state index contributed by atoms with van der Waals surface area (Å²) in [4.78, 5) is 20.3. The van der Waals surface area contributed by atoms with Gasteiger partial charge in [-0.25, -0.2) is 0 Å². The molecule has 0 fully saturated rings. The van der Waals surface area contributed by atoms with Crippen LogP contribution in [0.3, 0.4) is 0 Å². The molecule has 0 aliphatic heterocycles. The molecule has 0 saturated carbocycles. The van der Waals surface area contributed by atoms with Gasteiger partial charge in [0, 0.05) is 12.8 Å². The van der Waals surface area contributed by atoms with Crippen LogP contribution < -0.4 is 103 Å². The summed E-state index contributed by atoms with van der Waals surface area (Å²) in [6.45, 7) is 0. The quantitative estimate of drug-likeness (QED) is 0.340. The Kier molecular flexibility index (Phi) is 25.1. The molecule has 0 aliphatic carbocycles. The van der Waals surface area contributed by atoms with Crippen LogP contribution in [-0.2, 0) is 9.59 Å². The maximum absolute atomic E-state index is 10.1. The topological polar surface area (TPSA) is 74.6 Å². The van der Waals surface area contributed by atoms with Gasteiger partial charge < -0.3 is 13.1 Å². The van der Waals surface area contributed by atoms with Gasteiger partial charge in [0.1, 0.15) is 0 Å². The van der Waals surface area contributed by atoms with Crippen LogP contribution in [0.1, 0.15) is 54.2 Å². The second-order valence-electron chi connectivity index (χ2n) is 3.41. The number of hydrogen-bond acceptors (Lipinski definition) is 2. The molecule has 0 rings (SSSR count). The molecule has 0 aliphatic rings. The van der Waals surface area contributed by atoms with E-state index in [0.717, 1.165) is 38.5 Å². The molecule has 0 aromatic rings. The first-order valence-electron chi connectivity index (χ1n) is 5.06. The molecule has 0 unspecified atom stereocenters. The van der Waals surface area contributed by atoms with Crippen molar-refractivity contribution < 1.29 is 125 Å². The Bertz CT molecular complexity index is 175. The molecule has 0 atom stereocenters. The fourth-order valence-corrected chi connectivity index (χ4v) is 1.26. The summed E-state index contributed by atoms with van der Waals surface area (Å²) in [7, 11) is 0. The molecule has 0 aromatic carbocycles. The Morgan fingerprint density at radius 2 is 0.938 bits per heavy atom. The SMILES string of the molecule is O=C(O)CCCCCCCCC(=O)O.[H-].[H-].[K+].[K+]. The molecular weight excluding hydrogens is 262 g/mol. The monoisotopic (exact) mass is 282 g/mol. The van der Waals surface area contributed by atoms with Gasteiger partial charge in [-0.05, 0) is 12.8 Å². The summed E-state index contributed by atoms with van der Waals surface area (Å²) < 4.78 is 0. The molecule has 0 bridgehead atoms. The van der Waals surface area contributed by atoms with Gasteiger partial charge in [0.25, 0.3) is 0 Å². The molecule has 0 spiro atoms. The van der Waals surface area contributed by atoms with Crippen LogP contribution in [-0.4, -0.2) is 22.2 Å². The second-order valence-corrected chi connectivity index (χ2v) is 3.41. The second kappa shape index (κ2) is 17.2. The van der Waals surface area contributed by atoms with E-state index in [-0.39, 0.29) is 118 Å². The van der Waals surface area contributed by atoms with Crippen LogP contribution >= 0.6 is 0 Å². The molecule has 0 amide bonds. The van der Waals surface area contributed by atoms with E-state index in [2.05, 4.69) is 0 Å². The van der Waals surface area contributed by atoms with Crippen LogP contribution in [0.5, 0.6) is 0 Å². The van der Waals surface area contributed by atoms with Gasteiger partial charge >= 0.3 is 115 Å². The van der Waals surface area contributed by atoms with E-state index in [4.69, 9.17) is 10.2 Å². The molecular formula is C10H20K2O4. The van der Waals surface area contributed by atoms with Crippen molar-refractivity contribution in [3.05, 3.63) is 0 Å². The Labute approximate surface area is 185 Å². The molecule has 16 heavy (non-hydrogen) atoms. The average Bonchev–Trinajstić information content (AvgIpc) is 2.08. The third-order valence-electron chi connectivity index (χ3n) is 2.03. The van der Waals surface area contributed by atoms with Crippen molar-refractivity contribution >= 4 is 11.9 Å². The summed E-state index contributed by atoms with van der Waals surface area (Å²) in [5.74, 6) is -1.48. The summed E-state index contributed by atoms with van der Waals surface area (Å²) in [5, 5.41) is 16.7. The molecule has 0 heterocycles. The number of unbranched alkanes of at least 4 members (excludes halogenated alkanes) is 5. The maximum Gasteiger partial charge on any atom is 1.00 e. The standard InChI is InChI=1S/C10H18O4.2K.2H/c11-9(12)7-5-3-1-2-4-6-8-10(13)14;;;;/h1-8H2,(H,11,12)(H,13,14);;;;/q;2*+1;2*-1. The van der Waals surface area contributed by atoms with Crippen LogP contribution in [0.25, 0.3) is 0 Å². The molecule has 0 aromatic heterocycles. The van der Waals surface area contributed by atoms with Crippen molar-refractivity contribution in [3.8, 4) is 0 Å². The number of carboxylic acid groups (broad SMARTS) is 2. The Balaban J connectivity index is -0.000000141. The van der Waals surface area contributed by atoms with E-state index in [9.17, 15) is 9.59 Å². The molecule has 4 nitrogen and oxygen atoms in total. The number of rotatable bonds is 9. The predicted molar refractivity (Wildman–Crippen MR) is 54.4 cm³/mol. The normalized spacial score (nSPS) is 8.75. The summed E-state index contributed by atoms with van der Waals surface area (Å²) in [5.41, 5.74) is 0. The minimum atomic E-state index is -0.740. The van der Waals surface area contributed by atoms with Gasteiger partial charge in [-0.3, -0.25) is 9.59 Å². The van der Waals surface area contributed by atoms with Crippen molar-refractivity contribution in [2.45, 2.75) is 51.4 Å². The zero-order chi connectivity index (χ0) is 10.8. The van der Waals surface area contributed by atoms with Crippen molar-refractivity contribution in [3.63, 3.8) is 0 Å². The van der Waals surface area contributed by atoms with Gasteiger partial charge in [0.2, 0.25) is 0 Å². The molecule has 86 valence electrons. The Hall–Kier alpha value is 2.21. The zero-order valence-corrected chi connectivity index (χ0v) is 16.6. The van der Waals surface area contributed by atoms with Crippen LogP contribution in [0, 0.1) is 0 Å². The van der Waals surface area contributed by atoms with Crippen molar-refractivity contribution in [2.24, 2.45) is 0 Å². The number of carbonyl (C=O) groups is 2. The van der Waals surface area contributed by atoms with E-state index in [0.29, 0.717) is 0 Å². The van der Waals surface area contributed by atoms with Gasteiger partial charge in [-0.1, -0.05) is 25.7 Å². The minimum Gasteiger partial charge on any atom is -1.00 e. The van der Waals surface area contributed by atoms with Crippen molar-refractivity contribution in [2.75, 3.05) is 0 Å². The third-order valence-corrected chi connectivity index (χ3v) is 2.03. The van der Waals surface area contributed by atoms with Crippen molar-refractivity contribution in [1.82, 2.24) is 0 Å². The van der Waals surface area contributed by atoms with E-state index in [1.807, 2.05) is 0 Å². The summed E-state index contributed by atoms with van der Waals surface area (Å²) in [6.07, 6.45) is 5.82. The largest absolute Gasteiger partial charge is 1.00 e. The van der Waals surface area contributed by atoms with Gasteiger partial charge in [0.15, 0.2) is 0 Å². The number of carboxylic acids is 2. The van der Waals surface area contributed by atoms with E-state index in [1.54, 1.807) is 0 Å². The minimum absolute atomic E-state index is 0. The summed E-state index contributed by atoms with van der Waals surface area (Å²) >= 11 is 0. The van der Waals surface area contributed by atoms with Crippen LogP contribution in [0.15, 0.2) is 0 Å². The van der Waals surface area contributed by atoms with Crippen molar-refractivity contribution in [1.29, 1.82) is 0 Å². The molecule has 2 N–H and O–H groups in total. The maximum atomic E-state index is 10.1.